The van der Waals surface area contributed by atoms with Crippen molar-refractivity contribution in [3.63, 3.8) is 0 Å². The molecule has 0 bridgehead atoms. The molecule has 0 saturated carbocycles. The summed E-state index contributed by atoms with van der Waals surface area (Å²) in [7, 11) is 1.57. The molecule has 8 nitrogen and oxygen atoms in total. The van der Waals surface area contributed by atoms with E-state index in [-0.39, 0.29) is 11.5 Å². The number of carbonyl (C=O) groups is 1. The number of amides is 1. The summed E-state index contributed by atoms with van der Waals surface area (Å²) in [5.41, 5.74) is 3.05. The number of halogens is 1. The Balaban J connectivity index is 1.66. The SMILES string of the molecule is C#Cc1cc(Nc2ncnc3cc(OC)c(OCCCCCCCC(=O)NO)cc23)ccc1F. The van der Waals surface area contributed by atoms with Crippen molar-refractivity contribution in [2.75, 3.05) is 19.0 Å². The van der Waals surface area contributed by atoms with Crippen molar-refractivity contribution in [3.05, 3.63) is 48.0 Å². The number of hydroxylamine groups is 1. The number of hydrogen-bond acceptors (Lipinski definition) is 7. The van der Waals surface area contributed by atoms with E-state index in [2.05, 4.69) is 21.2 Å². The fourth-order valence-corrected chi connectivity index (χ4v) is 3.44. The Kier molecular flexibility index (Phi) is 9.00. The van der Waals surface area contributed by atoms with E-state index in [0.29, 0.717) is 46.9 Å². The number of fused-ring (bicyclic) bond motifs is 1. The van der Waals surface area contributed by atoms with Gasteiger partial charge >= 0.3 is 0 Å². The molecule has 178 valence electrons. The first kappa shape index (κ1) is 24.7. The van der Waals surface area contributed by atoms with Crippen LogP contribution < -0.4 is 20.3 Å². The summed E-state index contributed by atoms with van der Waals surface area (Å²) in [6.07, 6.45) is 11.5. The lowest BCUT2D eigenvalue weighted by Gasteiger charge is -2.14. The van der Waals surface area contributed by atoms with Crippen LogP contribution in [-0.4, -0.2) is 34.8 Å². The van der Waals surface area contributed by atoms with Crippen LogP contribution in [0.15, 0.2) is 36.7 Å². The first-order chi connectivity index (χ1) is 16.5. The monoisotopic (exact) mass is 466 g/mol. The van der Waals surface area contributed by atoms with Crippen molar-refractivity contribution in [1.29, 1.82) is 0 Å². The van der Waals surface area contributed by atoms with Gasteiger partial charge in [0.2, 0.25) is 5.91 Å². The average Bonchev–Trinajstić information content (AvgIpc) is 2.86. The van der Waals surface area contributed by atoms with E-state index in [4.69, 9.17) is 21.1 Å². The minimum atomic E-state index is -0.461. The van der Waals surface area contributed by atoms with Crippen molar-refractivity contribution in [2.24, 2.45) is 0 Å². The minimum Gasteiger partial charge on any atom is -0.493 e. The van der Waals surface area contributed by atoms with Gasteiger partial charge in [-0.3, -0.25) is 10.0 Å². The van der Waals surface area contributed by atoms with E-state index in [1.165, 1.54) is 12.4 Å². The maximum absolute atomic E-state index is 13.7. The highest BCUT2D eigenvalue weighted by atomic mass is 19.1. The van der Waals surface area contributed by atoms with Crippen LogP contribution in [0.1, 0.15) is 44.1 Å². The Labute approximate surface area is 197 Å². The predicted octanol–water partition coefficient (Wildman–Crippen LogP) is 4.73. The first-order valence-corrected chi connectivity index (χ1v) is 11.0. The number of methoxy groups -OCH3 is 1. The number of benzene rings is 2. The molecule has 1 heterocycles. The third kappa shape index (κ3) is 6.56. The molecule has 9 heteroatoms. The molecule has 1 amide bonds. The van der Waals surface area contributed by atoms with Crippen LogP contribution in [0.25, 0.3) is 10.9 Å². The molecule has 0 aliphatic rings. The zero-order chi connectivity index (χ0) is 24.3. The van der Waals surface area contributed by atoms with Gasteiger partial charge in [0.25, 0.3) is 0 Å². The molecule has 1 aromatic heterocycles. The van der Waals surface area contributed by atoms with Crippen LogP contribution in [0.5, 0.6) is 11.5 Å². The molecule has 0 unspecified atom stereocenters. The van der Waals surface area contributed by atoms with Gasteiger partial charge in [0.1, 0.15) is 18.0 Å². The Hall–Kier alpha value is -3.90. The maximum Gasteiger partial charge on any atom is 0.243 e. The van der Waals surface area contributed by atoms with Crippen LogP contribution in [-0.2, 0) is 4.79 Å². The largest absolute Gasteiger partial charge is 0.493 e. The van der Waals surface area contributed by atoms with Crippen molar-refractivity contribution in [1.82, 2.24) is 15.4 Å². The molecule has 3 N–H and O–H groups in total. The second-order valence-corrected chi connectivity index (χ2v) is 7.61. The number of aromatic nitrogens is 2. The van der Waals surface area contributed by atoms with Gasteiger partial charge < -0.3 is 14.8 Å². The summed E-state index contributed by atoms with van der Waals surface area (Å²) in [6.45, 7) is 0.499. The van der Waals surface area contributed by atoms with Gasteiger partial charge in [-0.2, -0.15) is 0 Å². The molecule has 0 fully saturated rings. The van der Waals surface area contributed by atoms with Crippen LogP contribution in [0.2, 0.25) is 0 Å². The van der Waals surface area contributed by atoms with Crippen LogP contribution in [0, 0.1) is 18.2 Å². The zero-order valence-corrected chi connectivity index (χ0v) is 18.9. The molecule has 0 radical (unpaired) electrons. The number of ether oxygens (including phenoxy) is 2. The number of nitrogens with one attached hydrogen (secondary N) is 2. The topological polar surface area (TPSA) is 106 Å². The lowest BCUT2D eigenvalue weighted by Crippen LogP contribution is -2.17. The summed E-state index contributed by atoms with van der Waals surface area (Å²) in [6, 6.07) is 8.03. The highest BCUT2D eigenvalue weighted by Crippen LogP contribution is 2.35. The van der Waals surface area contributed by atoms with Crippen LogP contribution in [0.3, 0.4) is 0 Å². The molecule has 2 aromatic carbocycles. The molecular formula is C25H27FN4O4. The Morgan fingerprint density at radius 1 is 1.12 bits per heavy atom. The fourth-order valence-electron chi connectivity index (χ4n) is 3.44. The molecule has 3 aromatic rings. The summed E-state index contributed by atoms with van der Waals surface area (Å²) in [5.74, 6) is 3.15. The third-order valence-corrected chi connectivity index (χ3v) is 5.24. The number of hydrogen-bond donors (Lipinski definition) is 3. The molecule has 0 spiro atoms. The zero-order valence-electron chi connectivity index (χ0n) is 18.9. The lowest BCUT2D eigenvalue weighted by atomic mass is 10.1. The van der Waals surface area contributed by atoms with Crippen LogP contribution in [0.4, 0.5) is 15.9 Å². The molecule has 0 atom stereocenters. The summed E-state index contributed by atoms with van der Waals surface area (Å²) in [5, 5.41) is 12.4. The number of anilines is 2. The van der Waals surface area contributed by atoms with E-state index in [9.17, 15) is 9.18 Å². The molecule has 3 rings (SSSR count). The quantitative estimate of drug-likeness (QED) is 0.153. The molecule has 0 aliphatic heterocycles. The maximum atomic E-state index is 13.7. The molecule has 0 saturated heterocycles. The van der Waals surface area contributed by atoms with Crippen LogP contribution >= 0.6 is 0 Å². The van der Waals surface area contributed by atoms with Crippen molar-refractivity contribution in [2.45, 2.75) is 38.5 Å². The van der Waals surface area contributed by atoms with Gasteiger partial charge in [0.05, 0.1) is 24.8 Å². The van der Waals surface area contributed by atoms with Gasteiger partial charge in [-0.15, -0.1) is 6.42 Å². The normalized spacial score (nSPS) is 10.5. The molecule has 34 heavy (non-hydrogen) atoms. The highest BCUT2D eigenvalue weighted by Gasteiger charge is 2.12. The Bertz CT molecular complexity index is 1180. The summed E-state index contributed by atoms with van der Waals surface area (Å²) >= 11 is 0. The number of rotatable bonds is 12. The fraction of sp³-hybridized carbons (Fsp3) is 0.320. The van der Waals surface area contributed by atoms with E-state index in [0.717, 1.165) is 32.1 Å². The number of unbranched alkanes of at least 4 members (excludes halogenated alkanes) is 4. The summed E-state index contributed by atoms with van der Waals surface area (Å²) < 4.78 is 25.2. The van der Waals surface area contributed by atoms with Gasteiger partial charge in [0, 0.05) is 23.6 Å². The lowest BCUT2D eigenvalue weighted by molar-refractivity contribution is -0.129. The van der Waals surface area contributed by atoms with Gasteiger partial charge in [-0.05, 0) is 37.1 Å². The van der Waals surface area contributed by atoms with E-state index in [1.54, 1.807) is 30.8 Å². The second kappa shape index (κ2) is 12.4. The van der Waals surface area contributed by atoms with Gasteiger partial charge in [-0.25, -0.2) is 19.8 Å². The van der Waals surface area contributed by atoms with E-state index >= 15 is 0 Å². The smallest absolute Gasteiger partial charge is 0.243 e. The molecular weight excluding hydrogens is 439 g/mol. The number of carbonyl (C=O) groups excluding carboxylic acids is 1. The van der Waals surface area contributed by atoms with Crippen molar-refractivity contribution < 1.29 is 23.9 Å². The average molecular weight is 467 g/mol. The minimum absolute atomic E-state index is 0.158. The van der Waals surface area contributed by atoms with Gasteiger partial charge in [-0.1, -0.05) is 25.2 Å². The van der Waals surface area contributed by atoms with Crippen molar-refractivity contribution in [3.8, 4) is 23.8 Å². The van der Waals surface area contributed by atoms with E-state index < -0.39 is 5.82 Å². The van der Waals surface area contributed by atoms with Gasteiger partial charge in [0.15, 0.2) is 11.5 Å². The standard InChI is InChI=1S/C25H27FN4O4/c1-3-17-13-18(10-11-20(17)26)29-25-19-14-23(22(33-2)15-21(19)27-16-28-25)34-12-8-6-4-5-7-9-24(31)30-32/h1,10-11,13-16,32H,4-9,12H2,2H3,(H,30,31)(H,27,28,29). The number of terminal acetylenes is 1. The number of nitrogens with zero attached hydrogens (tertiary/aromatic N) is 2. The van der Waals surface area contributed by atoms with E-state index in [1.807, 2.05) is 6.07 Å². The van der Waals surface area contributed by atoms with Crippen molar-refractivity contribution >= 4 is 28.3 Å². The second-order valence-electron chi connectivity index (χ2n) is 7.61. The first-order valence-electron chi connectivity index (χ1n) is 11.0. The summed E-state index contributed by atoms with van der Waals surface area (Å²) in [4.78, 5) is 19.6. The highest BCUT2D eigenvalue weighted by molar-refractivity contribution is 5.93. The molecule has 0 aliphatic carbocycles. The Morgan fingerprint density at radius 3 is 2.68 bits per heavy atom. The third-order valence-electron chi connectivity index (χ3n) is 5.24. The predicted molar refractivity (Wildman–Crippen MR) is 127 cm³/mol. The Morgan fingerprint density at radius 2 is 1.91 bits per heavy atom.